The Labute approximate surface area is 256 Å². The highest BCUT2D eigenvalue weighted by Gasteiger charge is 2.33. The molecule has 4 aromatic rings. The maximum absolute atomic E-state index is 14.0. The highest BCUT2D eigenvalue weighted by atomic mass is 79.9. The number of rotatable bonds is 8. The van der Waals surface area contributed by atoms with Crippen molar-refractivity contribution in [2.75, 3.05) is 0 Å². The van der Waals surface area contributed by atoms with Crippen LogP contribution in [0.2, 0.25) is 0 Å². The van der Waals surface area contributed by atoms with Crippen LogP contribution in [-0.4, -0.2) is 27.1 Å². The maximum Gasteiger partial charge on any atom is 0.335 e. The van der Waals surface area contributed by atoms with Crippen molar-refractivity contribution >= 4 is 72.4 Å². The molecule has 0 saturated carbocycles. The third-order valence-electron chi connectivity index (χ3n) is 6.06. The number of hydrogen-bond donors (Lipinski definition) is 1. The highest BCUT2D eigenvalue weighted by molar-refractivity contribution is 9.11. The fourth-order valence-corrected chi connectivity index (χ4v) is 6.45. The Morgan fingerprint density at radius 2 is 1.63 bits per heavy atom. The largest absolute Gasteiger partial charge is 0.486 e. The summed E-state index contributed by atoms with van der Waals surface area (Å²) in [5, 5.41) is 9.72. The molecule has 6 nitrogen and oxygen atoms in total. The Morgan fingerprint density at radius 3 is 2.29 bits per heavy atom. The number of aliphatic imine (C=N–C) groups is 1. The van der Waals surface area contributed by atoms with Crippen LogP contribution in [0, 0.1) is 5.82 Å². The first-order valence-corrected chi connectivity index (χ1v) is 14.7. The molecule has 10 heteroatoms. The number of carboxylic acid groups (broad SMARTS) is 1. The normalized spacial score (nSPS) is 15.1. The maximum atomic E-state index is 14.0. The van der Waals surface area contributed by atoms with E-state index in [4.69, 9.17) is 9.73 Å². The van der Waals surface area contributed by atoms with E-state index in [1.807, 2.05) is 42.5 Å². The summed E-state index contributed by atoms with van der Waals surface area (Å²) in [5.74, 6) is -1.06. The van der Waals surface area contributed by atoms with Crippen LogP contribution < -0.4 is 4.74 Å². The minimum absolute atomic E-state index is 0.0559. The molecule has 1 aliphatic heterocycles. The number of carbonyl (C=O) groups excluding carboxylic acids is 1. The molecule has 0 bridgehead atoms. The number of para-hydroxylation sites is 1. The van der Waals surface area contributed by atoms with E-state index in [1.54, 1.807) is 41.3 Å². The molecule has 0 unspecified atom stereocenters. The molecule has 5 rings (SSSR count). The van der Waals surface area contributed by atoms with E-state index < -0.39 is 5.97 Å². The van der Waals surface area contributed by atoms with E-state index in [1.165, 1.54) is 30.0 Å². The number of halogens is 3. The lowest BCUT2D eigenvalue weighted by Gasteiger charge is -2.16. The van der Waals surface area contributed by atoms with Crippen LogP contribution in [0.1, 0.15) is 27.0 Å². The summed E-state index contributed by atoms with van der Waals surface area (Å²) in [6.07, 6.45) is 1.78. The SMILES string of the molecule is O=C(O)c1ccc(CN2C(=O)/C(=C/c3cc(Br)c(OCc4ccccc4F)c(Br)c3)SC2=Nc2ccccc2)cc1. The van der Waals surface area contributed by atoms with Gasteiger partial charge in [-0.15, -0.1) is 0 Å². The van der Waals surface area contributed by atoms with Crippen LogP contribution in [0.3, 0.4) is 0 Å². The molecule has 1 amide bonds. The van der Waals surface area contributed by atoms with E-state index in [2.05, 4.69) is 31.9 Å². The van der Waals surface area contributed by atoms with Gasteiger partial charge in [0, 0.05) is 5.56 Å². The molecule has 0 radical (unpaired) electrons. The smallest absolute Gasteiger partial charge is 0.335 e. The number of benzene rings is 4. The number of amidine groups is 1. The Balaban J connectivity index is 1.41. The van der Waals surface area contributed by atoms with Gasteiger partial charge in [-0.25, -0.2) is 14.2 Å². The number of hydrogen-bond acceptors (Lipinski definition) is 5. The summed E-state index contributed by atoms with van der Waals surface area (Å²) in [4.78, 5) is 31.6. The second-order valence-corrected chi connectivity index (χ2v) is 11.6. The van der Waals surface area contributed by atoms with Gasteiger partial charge in [0.2, 0.25) is 0 Å². The first kappa shape index (κ1) is 28.8. The highest BCUT2D eigenvalue weighted by Crippen LogP contribution is 2.39. The van der Waals surface area contributed by atoms with Crippen LogP contribution in [0.25, 0.3) is 6.08 Å². The van der Waals surface area contributed by atoms with Crippen molar-refractivity contribution < 1.29 is 23.8 Å². The lowest BCUT2D eigenvalue weighted by Crippen LogP contribution is -2.28. The van der Waals surface area contributed by atoms with Crippen LogP contribution in [0.4, 0.5) is 10.1 Å². The van der Waals surface area contributed by atoms with Crippen molar-refractivity contribution in [3.63, 3.8) is 0 Å². The standard InChI is InChI=1S/C31H21Br2FN2O4S/c32-24-14-20(15-25(33)28(24)40-18-22-6-4-5-9-26(22)34)16-27-29(37)36(17-19-10-12-21(13-11-19)30(38)39)31(41-27)35-23-7-2-1-3-8-23/h1-16H,17-18H2,(H,38,39)/b27-16-,35-31?. The first-order chi connectivity index (χ1) is 19.8. The van der Waals surface area contributed by atoms with Crippen LogP contribution in [0.15, 0.2) is 110 Å². The Hall–Kier alpha value is -3.73. The minimum atomic E-state index is -1.01. The molecule has 1 fully saturated rings. The van der Waals surface area contributed by atoms with Gasteiger partial charge in [-0.05, 0) is 103 Å². The number of aromatic carboxylic acids is 1. The number of nitrogens with zero attached hydrogens (tertiary/aromatic N) is 2. The molecule has 4 aromatic carbocycles. The van der Waals surface area contributed by atoms with Gasteiger partial charge < -0.3 is 9.84 Å². The van der Waals surface area contributed by atoms with Gasteiger partial charge in [0.05, 0.1) is 31.6 Å². The monoisotopic (exact) mass is 694 g/mol. The van der Waals surface area contributed by atoms with Crippen molar-refractivity contribution in [2.24, 2.45) is 4.99 Å². The molecule has 0 aliphatic carbocycles. The molecule has 1 aliphatic rings. The molecule has 1 saturated heterocycles. The van der Waals surface area contributed by atoms with Crippen molar-refractivity contribution in [2.45, 2.75) is 13.2 Å². The number of ether oxygens (including phenoxy) is 1. The van der Waals surface area contributed by atoms with Crippen LogP contribution in [-0.2, 0) is 17.9 Å². The van der Waals surface area contributed by atoms with Crippen molar-refractivity contribution in [1.29, 1.82) is 0 Å². The second kappa shape index (κ2) is 12.8. The number of thioether (sulfide) groups is 1. The number of carboxylic acids is 1. The van der Waals surface area contributed by atoms with E-state index in [0.717, 1.165) is 11.1 Å². The van der Waals surface area contributed by atoms with E-state index in [-0.39, 0.29) is 30.4 Å². The first-order valence-electron chi connectivity index (χ1n) is 12.3. The summed E-state index contributed by atoms with van der Waals surface area (Å²) >= 11 is 8.33. The van der Waals surface area contributed by atoms with Gasteiger partial charge in [-0.3, -0.25) is 9.69 Å². The predicted molar refractivity (Wildman–Crippen MR) is 166 cm³/mol. The van der Waals surface area contributed by atoms with Crippen molar-refractivity contribution in [1.82, 2.24) is 4.90 Å². The lowest BCUT2D eigenvalue weighted by molar-refractivity contribution is -0.122. The molecule has 41 heavy (non-hydrogen) atoms. The van der Waals surface area contributed by atoms with Crippen LogP contribution >= 0.6 is 43.6 Å². The molecular formula is C31H21Br2FN2O4S. The van der Waals surface area contributed by atoms with Crippen LogP contribution in [0.5, 0.6) is 5.75 Å². The molecule has 206 valence electrons. The average molecular weight is 696 g/mol. The van der Waals surface area contributed by atoms with Gasteiger partial charge in [0.25, 0.3) is 5.91 Å². The minimum Gasteiger partial charge on any atom is -0.486 e. The molecule has 1 heterocycles. The topological polar surface area (TPSA) is 79.2 Å². The molecule has 0 atom stereocenters. The van der Waals surface area contributed by atoms with Gasteiger partial charge in [0.1, 0.15) is 18.2 Å². The van der Waals surface area contributed by atoms with Gasteiger partial charge in [-0.2, -0.15) is 0 Å². The van der Waals surface area contributed by atoms with Crippen molar-refractivity contribution in [3.8, 4) is 5.75 Å². The fourth-order valence-electron chi connectivity index (χ4n) is 4.00. The third-order valence-corrected chi connectivity index (χ3v) is 8.24. The van der Waals surface area contributed by atoms with Gasteiger partial charge in [0.15, 0.2) is 5.17 Å². The molecular weight excluding hydrogens is 675 g/mol. The number of amides is 1. The second-order valence-electron chi connectivity index (χ2n) is 8.93. The average Bonchev–Trinajstić information content (AvgIpc) is 3.23. The summed E-state index contributed by atoms with van der Waals surface area (Å²) in [6.45, 7) is 0.283. The summed E-state index contributed by atoms with van der Waals surface area (Å²) < 4.78 is 21.2. The summed E-state index contributed by atoms with van der Waals surface area (Å²) in [5.41, 5.74) is 2.83. The van der Waals surface area contributed by atoms with Crippen molar-refractivity contribution in [3.05, 3.63) is 133 Å². The zero-order valence-electron chi connectivity index (χ0n) is 21.3. The van der Waals surface area contributed by atoms with E-state index in [0.29, 0.717) is 36.0 Å². The van der Waals surface area contributed by atoms with E-state index >= 15 is 0 Å². The fraction of sp³-hybridized carbons (Fsp3) is 0.0645. The number of carbonyl (C=O) groups is 2. The summed E-state index contributed by atoms with van der Waals surface area (Å²) in [6, 6.07) is 25.8. The Kier molecular flexibility index (Phi) is 9.02. The Morgan fingerprint density at radius 1 is 0.976 bits per heavy atom. The molecule has 0 aromatic heterocycles. The zero-order chi connectivity index (χ0) is 28.9. The summed E-state index contributed by atoms with van der Waals surface area (Å²) in [7, 11) is 0. The molecule has 0 spiro atoms. The predicted octanol–water partition coefficient (Wildman–Crippen LogP) is 8.43. The van der Waals surface area contributed by atoms with E-state index in [9.17, 15) is 19.1 Å². The lowest BCUT2D eigenvalue weighted by atomic mass is 10.1. The quantitative estimate of drug-likeness (QED) is 0.187. The molecule has 1 N–H and O–H groups in total. The Bertz CT molecular complexity index is 1650. The zero-order valence-corrected chi connectivity index (χ0v) is 25.2. The van der Waals surface area contributed by atoms with Gasteiger partial charge in [-0.1, -0.05) is 48.5 Å². The third kappa shape index (κ3) is 6.95. The van der Waals surface area contributed by atoms with Gasteiger partial charge >= 0.3 is 5.97 Å².